The molecule has 1 radical (unpaired) electrons. The van der Waals surface area contributed by atoms with Crippen LogP contribution in [-0.2, 0) is 0 Å². The molecule has 0 aromatic heterocycles. The van der Waals surface area contributed by atoms with Crippen LogP contribution in [0.5, 0.6) is 11.5 Å². The molecule has 2 rings (SSSR count). The highest BCUT2D eigenvalue weighted by Gasteiger charge is 2.22. The van der Waals surface area contributed by atoms with Gasteiger partial charge in [-0.3, -0.25) is 0 Å². The summed E-state index contributed by atoms with van der Waals surface area (Å²) < 4.78 is 11.1. The molecule has 0 bridgehead atoms. The highest BCUT2D eigenvalue weighted by molar-refractivity contribution is 5.41. The SMILES string of the molecule is [CH2]CCCC1Oc2ccccc2O1. The Kier molecular flexibility index (Phi) is 2.39. The van der Waals surface area contributed by atoms with Crippen LogP contribution in [0.1, 0.15) is 19.3 Å². The monoisotopic (exact) mass is 177 g/mol. The number of hydrogen-bond donors (Lipinski definition) is 0. The zero-order valence-electron chi connectivity index (χ0n) is 7.53. The van der Waals surface area contributed by atoms with Crippen LogP contribution in [0, 0.1) is 6.92 Å². The first kappa shape index (κ1) is 8.42. The average Bonchev–Trinajstić information content (AvgIpc) is 2.57. The van der Waals surface area contributed by atoms with Crippen molar-refractivity contribution in [3.05, 3.63) is 31.2 Å². The predicted octanol–water partition coefficient (Wildman–Crippen LogP) is 2.79. The van der Waals surface area contributed by atoms with Crippen LogP contribution in [-0.4, -0.2) is 6.29 Å². The highest BCUT2D eigenvalue weighted by atomic mass is 16.7. The number of hydrogen-bond acceptors (Lipinski definition) is 2. The summed E-state index contributed by atoms with van der Waals surface area (Å²) >= 11 is 0. The van der Waals surface area contributed by atoms with E-state index in [4.69, 9.17) is 9.47 Å². The summed E-state index contributed by atoms with van der Waals surface area (Å²) in [6, 6.07) is 7.76. The van der Waals surface area contributed by atoms with Gasteiger partial charge in [0.15, 0.2) is 11.5 Å². The minimum absolute atomic E-state index is 0.0980. The van der Waals surface area contributed by atoms with E-state index in [0.29, 0.717) is 0 Å². The molecule has 1 aliphatic heterocycles. The average molecular weight is 177 g/mol. The van der Waals surface area contributed by atoms with E-state index in [-0.39, 0.29) is 6.29 Å². The lowest BCUT2D eigenvalue weighted by Gasteiger charge is -2.08. The van der Waals surface area contributed by atoms with Crippen molar-refractivity contribution in [1.82, 2.24) is 0 Å². The van der Waals surface area contributed by atoms with Crippen LogP contribution in [0.3, 0.4) is 0 Å². The molecule has 0 fully saturated rings. The topological polar surface area (TPSA) is 18.5 Å². The zero-order valence-corrected chi connectivity index (χ0v) is 7.53. The number of rotatable bonds is 3. The Bertz CT molecular complexity index is 258. The minimum atomic E-state index is -0.0980. The smallest absolute Gasteiger partial charge is 0.241 e. The molecule has 0 saturated heterocycles. The maximum Gasteiger partial charge on any atom is 0.241 e. The maximum absolute atomic E-state index is 5.56. The van der Waals surface area contributed by atoms with E-state index < -0.39 is 0 Å². The van der Waals surface area contributed by atoms with Crippen LogP contribution in [0.15, 0.2) is 24.3 Å². The summed E-state index contributed by atoms with van der Waals surface area (Å²) in [6.45, 7) is 3.78. The minimum Gasteiger partial charge on any atom is -0.451 e. The van der Waals surface area contributed by atoms with Crippen molar-refractivity contribution < 1.29 is 9.47 Å². The molecule has 13 heavy (non-hydrogen) atoms. The van der Waals surface area contributed by atoms with Crippen LogP contribution in [0.2, 0.25) is 0 Å². The molecular weight excluding hydrogens is 164 g/mol. The molecule has 0 atom stereocenters. The van der Waals surface area contributed by atoms with Crippen LogP contribution in [0.4, 0.5) is 0 Å². The van der Waals surface area contributed by atoms with E-state index in [9.17, 15) is 0 Å². The molecule has 0 saturated carbocycles. The van der Waals surface area contributed by atoms with Crippen LogP contribution < -0.4 is 9.47 Å². The van der Waals surface area contributed by atoms with Crippen molar-refractivity contribution in [2.45, 2.75) is 25.6 Å². The molecular formula is C11H13O2. The van der Waals surface area contributed by atoms with Crippen molar-refractivity contribution in [3.63, 3.8) is 0 Å². The van der Waals surface area contributed by atoms with Gasteiger partial charge in [-0.25, -0.2) is 0 Å². The second-order valence-electron chi connectivity index (χ2n) is 3.11. The van der Waals surface area contributed by atoms with Crippen molar-refractivity contribution in [3.8, 4) is 11.5 Å². The van der Waals surface area contributed by atoms with Gasteiger partial charge < -0.3 is 9.47 Å². The third-order valence-corrected chi connectivity index (χ3v) is 2.06. The predicted molar refractivity (Wildman–Crippen MR) is 50.7 cm³/mol. The van der Waals surface area contributed by atoms with Gasteiger partial charge in [-0.2, -0.15) is 0 Å². The number of fused-ring (bicyclic) bond motifs is 1. The van der Waals surface area contributed by atoms with E-state index in [2.05, 4.69) is 6.92 Å². The molecule has 2 nitrogen and oxygen atoms in total. The zero-order chi connectivity index (χ0) is 9.10. The fourth-order valence-corrected chi connectivity index (χ4v) is 1.38. The normalized spacial score (nSPS) is 14.8. The molecule has 1 aromatic rings. The van der Waals surface area contributed by atoms with Gasteiger partial charge in [0.25, 0.3) is 0 Å². The lowest BCUT2D eigenvalue weighted by molar-refractivity contribution is 0.0403. The summed E-state index contributed by atoms with van der Waals surface area (Å²) in [5.41, 5.74) is 0. The molecule has 0 aliphatic carbocycles. The van der Waals surface area contributed by atoms with Crippen molar-refractivity contribution in [2.24, 2.45) is 0 Å². The Labute approximate surface area is 78.5 Å². The van der Waals surface area contributed by atoms with Gasteiger partial charge in [0, 0.05) is 6.42 Å². The van der Waals surface area contributed by atoms with E-state index in [1.807, 2.05) is 24.3 Å². The Balaban J connectivity index is 1.97. The Hall–Kier alpha value is -1.18. The van der Waals surface area contributed by atoms with E-state index in [1.165, 1.54) is 0 Å². The third-order valence-electron chi connectivity index (χ3n) is 2.06. The molecule has 1 aromatic carbocycles. The molecule has 1 heterocycles. The van der Waals surface area contributed by atoms with Crippen molar-refractivity contribution in [1.29, 1.82) is 0 Å². The van der Waals surface area contributed by atoms with Crippen molar-refractivity contribution >= 4 is 0 Å². The molecule has 0 spiro atoms. The Morgan fingerprint density at radius 1 is 1.15 bits per heavy atom. The first-order valence-electron chi connectivity index (χ1n) is 4.62. The summed E-state index contributed by atoms with van der Waals surface area (Å²) in [6.07, 6.45) is 2.79. The van der Waals surface area contributed by atoms with Gasteiger partial charge in [0.05, 0.1) is 0 Å². The van der Waals surface area contributed by atoms with Gasteiger partial charge >= 0.3 is 0 Å². The molecule has 0 amide bonds. The maximum atomic E-state index is 5.56. The fraction of sp³-hybridized carbons (Fsp3) is 0.364. The molecule has 69 valence electrons. The summed E-state index contributed by atoms with van der Waals surface area (Å²) in [7, 11) is 0. The first-order valence-corrected chi connectivity index (χ1v) is 4.62. The summed E-state index contributed by atoms with van der Waals surface area (Å²) in [4.78, 5) is 0. The standard InChI is InChI=1S/C11H13O2/c1-2-3-8-11-12-9-6-4-5-7-10(9)13-11/h4-7,11H,1-3,8H2. The Morgan fingerprint density at radius 2 is 1.77 bits per heavy atom. The van der Waals surface area contributed by atoms with E-state index in [0.717, 1.165) is 30.8 Å². The number of unbranched alkanes of at least 4 members (excludes halogenated alkanes) is 1. The highest BCUT2D eigenvalue weighted by Crippen LogP contribution is 2.34. The fourth-order valence-electron chi connectivity index (χ4n) is 1.38. The lowest BCUT2D eigenvalue weighted by Crippen LogP contribution is -2.17. The van der Waals surface area contributed by atoms with E-state index >= 15 is 0 Å². The Morgan fingerprint density at radius 3 is 2.31 bits per heavy atom. The molecule has 2 heteroatoms. The summed E-state index contributed by atoms with van der Waals surface area (Å²) in [5.74, 6) is 1.72. The van der Waals surface area contributed by atoms with Crippen molar-refractivity contribution in [2.75, 3.05) is 0 Å². The second-order valence-corrected chi connectivity index (χ2v) is 3.11. The van der Waals surface area contributed by atoms with Crippen LogP contribution >= 0.6 is 0 Å². The van der Waals surface area contributed by atoms with Crippen LogP contribution in [0.25, 0.3) is 0 Å². The first-order chi connectivity index (χ1) is 6.40. The van der Waals surface area contributed by atoms with Gasteiger partial charge in [-0.15, -0.1) is 0 Å². The van der Waals surface area contributed by atoms with Gasteiger partial charge in [0.1, 0.15) is 0 Å². The number of benzene rings is 1. The van der Waals surface area contributed by atoms with Gasteiger partial charge in [-0.05, 0) is 18.6 Å². The summed E-state index contributed by atoms with van der Waals surface area (Å²) in [5, 5.41) is 0. The molecule has 0 unspecified atom stereocenters. The second kappa shape index (κ2) is 3.69. The lowest BCUT2D eigenvalue weighted by atomic mass is 10.2. The number of ether oxygens (including phenoxy) is 2. The molecule has 1 aliphatic rings. The molecule has 0 N–H and O–H groups in total. The van der Waals surface area contributed by atoms with E-state index in [1.54, 1.807) is 0 Å². The quantitative estimate of drug-likeness (QED) is 0.706. The van der Waals surface area contributed by atoms with Gasteiger partial charge in [0.2, 0.25) is 6.29 Å². The van der Waals surface area contributed by atoms with Gasteiger partial charge in [-0.1, -0.05) is 25.5 Å². The third kappa shape index (κ3) is 1.77. The largest absolute Gasteiger partial charge is 0.451 e. The number of para-hydroxylation sites is 2.